The number of anilines is 1. The molecule has 0 aliphatic carbocycles. The summed E-state index contributed by atoms with van der Waals surface area (Å²) in [4.78, 5) is 0.0312. The van der Waals surface area contributed by atoms with E-state index in [1.54, 1.807) is 31.4 Å². The highest BCUT2D eigenvalue weighted by atomic mass is 32.2. The van der Waals surface area contributed by atoms with Crippen LogP contribution < -0.4 is 9.04 Å². The molecule has 0 spiro atoms. The van der Waals surface area contributed by atoms with E-state index >= 15 is 0 Å². The summed E-state index contributed by atoms with van der Waals surface area (Å²) in [6.45, 7) is 3.81. The number of methoxy groups -OCH3 is 1. The van der Waals surface area contributed by atoms with Crippen molar-refractivity contribution < 1.29 is 17.5 Å². The summed E-state index contributed by atoms with van der Waals surface area (Å²) >= 11 is 0. The molecule has 0 amide bonds. The van der Waals surface area contributed by atoms with Crippen LogP contribution in [0.25, 0.3) is 0 Å². The first-order chi connectivity index (χ1) is 13.3. The van der Waals surface area contributed by atoms with Gasteiger partial charge in [0, 0.05) is 0 Å². The van der Waals surface area contributed by atoms with E-state index < -0.39 is 21.9 Å². The zero-order valence-corrected chi connectivity index (χ0v) is 16.8. The molecule has 3 rings (SSSR count). The zero-order valence-electron chi connectivity index (χ0n) is 16.0. The van der Waals surface area contributed by atoms with E-state index in [9.17, 15) is 12.8 Å². The summed E-state index contributed by atoms with van der Waals surface area (Å²) in [6, 6.07) is 18.9. The average molecular weight is 399 g/mol. The van der Waals surface area contributed by atoms with Crippen LogP contribution in [0, 0.1) is 12.7 Å². The molecule has 0 aliphatic heterocycles. The standard InChI is InChI=1S/C22H22FNO3S/c1-16-4-6-18(7-5-16)17(2)24(20-10-12-21(27-3)13-11-20)28(25,26)22-14-8-19(23)9-15-22/h4-15,17H,1-3H3/t17-/m1/s1. The van der Waals surface area contributed by atoms with E-state index in [1.807, 2.05) is 38.1 Å². The molecule has 0 heterocycles. The van der Waals surface area contributed by atoms with Crippen LogP contribution in [0.2, 0.25) is 0 Å². The monoisotopic (exact) mass is 399 g/mol. The minimum atomic E-state index is -3.92. The van der Waals surface area contributed by atoms with Crippen molar-refractivity contribution >= 4 is 15.7 Å². The molecule has 28 heavy (non-hydrogen) atoms. The summed E-state index contributed by atoms with van der Waals surface area (Å²) in [5.41, 5.74) is 2.44. The molecular weight excluding hydrogens is 377 g/mol. The quantitative estimate of drug-likeness (QED) is 0.579. The van der Waals surface area contributed by atoms with Crippen LogP contribution in [0.3, 0.4) is 0 Å². The van der Waals surface area contributed by atoms with Crippen LogP contribution in [0.1, 0.15) is 24.1 Å². The zero-order chi connectivity index (χ0) is 20.3. The number of rotatable bonds is 6. The topological polar surface area (TPSA) is 46.6 Å². The van der Waals surface area contributed by atoms with Crippen molar-refractivity contribution in [1.29, 1.82) is 0 Å². The Morgan fingerprint density at radius 2 is 1.46 bits per heavy atom. The van der Waals surface area contributed by atoms with Crippen molar-refractivity contribution in [2.45, 2.75) is 24.8 Å². The Kier molecular flexibility index (Phi) is 5.70. The normalized spacial score (nSPS) is 12.4. The van der Waals surface area contributed by atoms with Crippen molar-refractivity contribution in [3.8, 4) is 5.75 Å². The number of benzene rings is 3. The van der Waals surface area contributed by atoms with Gasteiger partial charge >= 0.3 is 0 Å². The lowest BCUT2D eigenvalue weighted by molar-refractivity contribution is 0.415. The summed E-state index contributed by atoms with van der Waals surface area (Å²) < 4.78 is 46.8. The summed E-state index contributed by atoms with van der Waals surface area (Å²) in [5.74, 6) is 0.146. The van der Waals surface area contributed by atoms with Crippen LogP contribution >= 0.6 is 0 Å². The van der Waals surface area contributed by atoms with E-state index in [0.717, 1.165) is 23.3 Å². The van der Waals surface area contributed by atoms with Crippen LogP contribution in [-0.4, -0.2) is 15.5 Å². The van der Waals surface area contributed by atoms with Gasteiger partial charge in [0.1, 0.15) is 11.6 Å². The Morgan fingerprint density at radius 1 is 0.893 bits per heavy atom. The van der Waals surface area contributed by atoms with Crippen molar-refractivity contribution in [3.05, 3.63) is 89.7 Å². The van der Waals surface area contributed by atoms with Gasteiger partial charge in [0.15, 0.2) is 0 Å². The van der Waals surface area contributed by atoms with Crippen LogP contribution in [-0.2, 0) is 10.0 Å². The molecule has 146 valence electrons. The maximum Gasteiger partial charge on any atom is 0.264 e. The summed E-state index contributed by atoms with van der Waals surface area (Å²) in [6.07, 6.45) is 0. The van der Waals surface area contributed by atoms with Crippen LogP contribution in [0.15, 0.2) is 77.7 Å². The minimum Gasteiger partial charge on any atom is -0.497 e. The van der Waals surface area contributed by atoms with Gasteiger partial charge in [0.25, 0.3) is 10.0 Å². The molecule has 0 aromatic heterocycles. The molecule has 1 atom stereocenters. The molecule has 0 N–H and O–H groups in total. The second kappa shape index (κ2) is 8.02. The van der Waals surface area contributed by atoms with E-state index in [4.69, 9.17) is 4.74 Å². The number of halogens is 1. The number of nitrogens with zero attached hydrogens (tertiary/aromatic N) is 1. The van der Waals surface area contributed by atoms with Crippen molar-refractivity contribution in [3.63, 3.8) is 0 Å². The Balaban J connectivity index is 2.12. The molecule has 0 aliphatic rings. The molecule has 0 saturated heterocycles. The Morgan fingerprint density at radius 3 is 2.00 bits per heavy atom. The van der Waals surface area contributed by atoms with Gasteiger partial charge in [-0.15, -0.1) is 0 Å². The van der Waals surface area contributed by atoms with E-state index in [2.05, 4.69) is 0 Å². The Bertz CT molecular complexity index is 1030. The number of sulfonamides is 1. The Labute approximate surface area is 165 Å². The van der Waals surface area contributed by atoms with E-state index in [0.29, 0.717) is 11.4 Å². The van der Waals surface area contributed by atoms with Crippen molar-refractivity contribution in [2.24, 2.45) is 0 Å². The molecule has 0 fully saturated rings. The largest absolute Gasteiger partial charge is 0.497 e. The van der Waals surface area contributed by atoms with Gasteiger partial charge in [-0.2, -0.15) is 0 Å². The minimum absolute atomic E-state index is 0.0312. The maximum absolute atomic E-state index is 13.5. The SMILES string of the molecule is COc1ccc(N([C@H](C)c2ccc(C)cc2)S(=O)(=O)c2ccc(F)cc2)cc1. The van der Waals surface area contributed by atoms with E-state index in [-0.39, 0.29) is 4.90 Å². The fourth-order valence-corrected chi connectivity index (χ4v) is 4.64. The van der Waals surface area contributed by atoms with Gasteiger partial charge in [-0.1, -0.05) is 29.8 Å². The second-order valence-corrected chi connectivity index (χ2v) is 8.35. The summed E-state index contributed by atoms with van der Waals surface area (Å²) in [7, 11) is -2.37. The number of ether oxygens (including phenoxy) is 1. The summed E-state index contributed by atoms with van der Waals surface area (Å²) in [5, 5.41) is 0. The fraction of sp³-hybridized carbons (Fsp3) is 0.182. The third-order valence-corrected chi connectivity index (χ3v) is 6.52. The Hall–Kier alpha value is -2.86. The lowest BCUT2D eigenvalue weighted by Crippen LogP contribution is -2.33. The van der Waals surface area contributed by atoms with Gasteiger partial charge < -0.3 is 4.74 Å². The first-order valence-corrected chi connectivity index (χ1v) is 10.3. The predicted molar refractivity (Wildman–Crippen MR) is 109 cm³/mol. The third-order valence-electron chi connectivity index (χ3n) is 4.61. The first kappa shape index (κ1) is 19.9. The molecule has 3 aromatic rings. The molecule has 4 nitrogen and oxygen atoms in total. The fourth-order valence-electron chi connectivity index (χ4n) is 3.00. The van der Waals surface area contributed by atoms with E-state index in [1.165, 1.54) is 16.4 Å². The van der Waals surface area contributed by atoms with Gasteiger partial charge in [0.2, 0.25) is 0 Å². The van der Waals surface area contributed by atoms with Crippen molar-refractivity contribution in [1.82, 2.24) is 0 Å². The highest BCUT2D eigenvalue weighted by Gasteiger charge is 2.30. The van der Waals surface area contributed by atoms with Crippen LogP contribution in [0.4, 0.5) is 10.1 Å². The number of hydrogen-bond donors (Lipinski definition) is 0. The molecular formula is C22H22FNO3S. The van der Waals surface area contributed by atoms with Crippen LogP contribution in [0.5, 0.6) is 5.75 Å². The number of aryl methyl sites for hydroxylation is 1. The molecule has 3 aromatic carbocycles. The first-order valence-electron chi connectivity index (χ1n) is 8.83. The highest BCUT2D eigenvalue weighted by Crippen LogP contribution is 2.34. The smallest absolute Gasteiger partial charge is 0.264 e. The second-order valence-electron chi connectivity index (χ2n) is 6.54. The van der Waals surface area contributed by atoms with Gasteiger partial charge in [-0.05, 0) is 67.9 Å². The predicted octanol–water partition coefficient (Wildman–Crippen LogP) is 5.10. The molecule has 0 bridgehead atoms. The van der Waals surface area contributed by atoms with Gasteiger partial charge in [-0.25, -0.2) is 12.8 Å². The van der Waals surface area contributed by atoms with Gasteiger partial charge in [-0.3, -0.25) is 4.31 Å². The van der Waals surface area contributed by atoms with Gasteiger partial charge in [0.05, 0.1) is 23.7 Å². The molecule has 0 radical (unpaired) electrons. The average Bonchev–Trinajstić information content (AvgIpc) is 2.69. The lowest BCUT2D eigenvalue weighted by atomic mass is 10.1. The highest BCUT2D eigenvalue weighted by molar-refractivity contribution is 7.92. The molecule has 0 unspecified atom stereocenters. The lowest BCUT2D eigenvalue weighted by Gasteiger charge is -2.31. The third kappa shape index (κ3) is 4.02. The molecule has 6 heteroatoms. The van der Waals surface area contributed by atoms with Crippen molar-refractivity contribution in [2.75, 3.05) is 11.4 Å². The number of hydrogen-bond acceptors (Lipinski definition) is 3. The molecule has 0 saturated carbocycles. The maximum atomic E-state index is 13.5.